The Bertz CT molecular complexity index is 1120. The lowest BCUT2D eigenvalue weighted by Gasteiger charge is -2.09. The number of nitrogens with one attached hydrogen (secondary N) is 2. The van der Waals surface area contributed by atoms with Gasteiger partial charge in [0.15, 0.2) is 10.9 Å². The van der Waals surface area contributed by atoms with E-state index >= 15 is 0 Å². The van der Waals surface area contributed by atoms with Crippen LogP contribution in [0.3, 0.4) is 0 Å². The molecule has 1 amide bonds. The minimum atomic E-state index is -1.09. The predicted octanol–water partition coefficient (Wildman–Crippen LogP) is 3.68. The fourth-order valence-corrected chi connectivity index (χ4v) is 2.66. The second kappa shape index (κ2) is 8.31. The summed E-state index contributed by atoms with van der Waals surface area (Å²) in [7, 11) is 0. The van der Waals surface area contributed by atoms with E-state index in [9.17, 15) is 19.7 Å². The maximum absolute atomic E-state index is 12.3. The third-order valence-corrected chi connectivity index (χ3v) is 3.97. The summed E-state index contributed by atoms with van der Waals surface area (Å²) in [5.74, 6) is -1.48. The van der Waals surface area contributed by atoms with Gasteiger partial charge in [0.1, 0.15) is 5.76 Å². The Kier molecular flexibility index (Phi) is 5.65. The van der Waals surface area contributed by atoms with E-state index < -0.39 is 16.8 Å². The highest BCUT2D eigenvalue weighted by Gasteiger charge is 2.15. The Balaban J connectivity index is 1.68. The number of thiocarbonyl (C=S) groups is 1. The number of nitro groups is 1. The molecule has 0 aliphatic heterocycles. The molecule has 3 aromatic rings. The molecule has 10 heteroatoms. The smallest absolute Gasteiger partial charge is 0.335 e. The molecule has 29 heavy (non-hydrogen) atoms. The fraction of sp³-hybridized carbons (Fsp3) is 0. The number of carbonyl (C=O) groups is 2. The number of rotatable bonds is 5. The van der Waals surface area contributed by atoms with Crippen molar-refractivity contribution in [1.29, 1.82) is 0 Å². The largest absolute Gasteiger partial charge is 0.478 e. The molecule has 0 saturated heterocycles. The molecular formula is C19H13N3O6S. The number of carboxylic acid groups (broad SMARTS) is 1. The highest BCUT2D eigenvalue weighted by Crippen LogP contribution is 2.25. The Labute approximate surface area is 169 Å². The number of non-ortho nitro benzene ring substituents is 1. The standard InChI is InChI=1S/C19H13N3O6S/c23-17(21-19(29)20-13-5-1-4-12(9-13)18(24)25)16-8-7-15(28-16)11-3-2-6-14(10-11)22(26)27/h1-10H,(H,24,25)(H2,20,21,23,29). The maximum Gasteiger partial charge on any atom is 0.335 e. The number of nitrogens with zero attached hydrogens (tertiary/aromatic N) is 1. The Morgan fingerprint density at radius 3 is 2.55 bits per heavy atom. The molecule has 2 aromatic carbocycles. The first-order valence-corrected chi connectivity index (χ1v) is 8.54. The molecular weight excluding hydrogens is 398 g/mol. The molecule has 0 aliphatic carbocycles. The average molecular weight is 411 g/mol. The summed E-state index contributed by atoms with van der Waals surface area (Å²) in [4.78, 5) is 33.7. The zero-order valence-corrected chi connectivity index (χ0v) is 15.4. The van der Waals surface area contributed by atoms with E-state index in [2.05, 4.69) is 10.6 Å². The summed E-state index contributed by atoms with van der Waals surface area (Å²) in [6, 6.07) is 14.7. The van der Waals surface area contributed by atoms with E-state index in [-0.39, 0.29) is 27.9 Å². The van der Waals surface area contributed by atoms with Crippen molar-refractivity contribution < 1.29 is 24.0 Å². The third kappa shape index (κ3) is 4.82. The molecule has 1 heterocycles. The molecule has 0 aliphatic rings. The van der Waals surface area contributed by atoms with Crippen molar-refractivity contribution >= 4 is 40.6 Å². The zero-order valence-electron chi connectivity index (χ0n) is 14.6. The monoisotopic (exact) mass is 411 g/mol. The van der Waals surface area contributed by atoms with Crippen LogP contribution in [0.25, 0.3) is 11.3 Å². The van der Waals surface area contributed by atoms with Gasteiger partial charge in [0.25, 0.3) is 11.6 Å². The summed E-state index contributed by atoms with van der Waals surface area (Å²) in [5, 5.41) is 25.0. The van der Waals surface area contributed by atoms with E-state index in [1.807, 2.05) is 0 Å². The first-order valence-electron chi connectivity index (χ1n) is 8.14. The van der Waals surface area contributed by atoms with Crippen LogP contribution in [0.5, 0.6) is 0 Å². The van der Waals surface area contributed by atoms with Gasteiger partial charge < -0.3 is 14.8 Å². The van der Waals surface area contributed by atoms with Crippen LogP contribution in [0.4, 0.5) is 11.4 Å². The summed E-state index contributed by atoms with van der Waals surface area (Å²) >= 11 is 5.06. The number of anilines is 1. The van der Waals surface area contributed by atoms with Gasteiger partial charge in [-0.3, -0.25) is 20.2 Å². The summed E-state index contributed by atoms with van der Waals surface area (Å²) in [6.45, 7) is 0. The molecule has 0 atom stereocenters. The molecule has 1 aromatic heterocycles. The number of furan rings is 1. The molecule has 9 nitrogen and oxygen atoms in total. The van der Waals surface area contributed by atoms with Gasteiger partial charge in [0.2, 0.25) is 0 Å². The lowest BCUT2D eigenvalue weighted by molar-refractivity contribution is -0.384. The van der Waals surface area contributed by atoms with E-state index in [1.165, 1.54) is 48.5 Å². The minimum Gasteiger partial charge on any atom is -0.478 e. The van der Waals surface area contributed by atoms with Crippen LogP contribution in [-0.2, 0) is 0 Å². The van der Waals surface area contributed by atoms with Gasteiger partial charge in [-0.25, -0.2) is 4.79 Å². The number of hydrogen-bond donors (Lipinski definition) is 3. The Hall–Kier alpha value is -4.05. The molecule has 3 rings (SSSR count). The van der Waals surface area contributed by atoms with Crippen LogP contribution in [0.1, 0.15) is 20.9 Å². The van der Waals surface area contributed by atoms with Crippen molar-refractivity contribution in [2.45, 2.75) is 0 Å². The van der Waals surface area contributed by atoms with Crippen molar-refractivity contribution in [3.8, 4) is 11.3 Å². The van der Waals surface area contributed by atoms with Crippen molar-refractivity contribution in [3.63, 3.8) is 0 Å². The lowest BCUT2D eigenvalue weighted by atomic mass is 10.1. The normalized spacial score (nSPS) is 10.2. The van der Waals surface area contributed by atoms with Crippen molar-refractivity contribution in [2.75, 3.05) is 5.32 Å². The van der Waals surface area contributed by atoms with Gasteiger partial charge in [-0.2, -0.15) is 0 Å². The highest BCUT2D eigenvalue weighted by molar-refractivity contribution is 7.80. The highest BCUT2D eigenvalue weighted by atomic mass is 32.1. The molecule has 0 fully saturated rings. The molecule has 146 valence electrons. The summed E-state index contributed by atoms with van der Waals surface area (Å²) in [6.07, 6.45) is 0. The Morgan fingerprint density at radius 2 is 1.83 bits per heavy atom. The van der Waals surface area contributed by atoms with Gasteiger partial charge in [-0.1, -0.05) is 18.2 Å². The molecule has 0 saturated carbocycles. The molecule has 0 radical (unpaired) electrons. The number of carboxylic acids is 1. The number of amides is 1. The second-order valence-corrected chi connectivity index (χ2v) is 6.17. The average Bonchev–Trinajstić information content (AvgIpc) is 3.18. The van der Waals surface area contributed by atoms with Crippen LogP contribution in [-0.4, -0.2) is 27.0 Å². The van der Waals surface area contributed by atoms with E-state index in [1.54, 1.807) is 12.1 Å². The number of hydrogen-bond acceptors (Lipinski definition) is 6. The van der Waals surface area contributed by atoms with Crippen LogP contribution in [0, 0.1) is 10.1 Å². The van der Waals surface area contributed by atoms with Crippen LogP contribution >= 0.6 is 12.2 Å². The topological polar surface area (TPSA) is 135 Å². The van der Waals surface area contributed by atoms with E-state index in [0.29, 0.717) is 11.3 Å². The number of benzene rings is 2. The van der Waals surface area contributed by atoms with Gasteiger partial charge in [-0.15, -0.1) is 0 Å². The summed E-state index contributed by atoms with van der Waals surface area (Å²) in [5.41, 5.74) is 0.812. The lowest BCUT2D eigenvalue weighted by Crippen LogP contribution is -2.33. The number of aromatic carboxylic acids is 1. The fourth-order valence-electron chi connectivity index (χ4n) is 2.44. The zero-order chi connectivity index (χ0) is 21.0. The number of carbonyl (C=O) groups excluding carboxylic acids is 1. The molecule has 0 bridgehead atoms. The third-order valence-electron chi connectivity index (χ3n) is 3.77. The van der Waals surface area contributed by atoms with Crippen molar-refractivity contribution in [1.82, 2.24) is 5.32 Å². The SMILES string of the molecule is O=C(O)c1cccc(NC(=S)NC(=O)c2ccc(-c3cccc([N+](=O)[O-])c3)o2)c1. The molecule has 0 spiro atoms. The van der Waals surface area contributed by atoms with Crippen LogP contribution in [0.15, 0.2) is 65.1 Å². The van der Waals surface area contributed by atoms with Crippen LogP contribution in [0.2, 0.25) is 0 Å². The van der Waals surface area contributed by atoms with E-state index in [0.717, 1.165) is 0 Å². The van der Waals surface area contributed by atoms with Gasteiger partial charge in [-0.05, 0) is 42.5 Å². The van der Waals surface area contributed by atoms with Crippen LogP contribution < -0.4 is 10.6 Å². The van der Waals surface area contributed by atoms with Gasteiger partial charge >= 0.3 is 5.97 Å². The maximum atomic E-state index is 12.3. The minimum absolute atomic E-state index is 0.0463. The summed E-state index contributed by atoms with van der Waals surface area (Å²) < 4.78 is 5.47. The quantitative estimate of drug-likeness (QED) is 0.329. The van der Waals surface area contributed by atoms with Gasteiger partial charge in [0, 0.05) is 23.4 Å². The van der Waals surface area contributed by atoms with Gasteiger partial charge in [0.05, 0.1) is 10.5 Å². The molecule has 3 N–H and O–H groups in total. The van der Waals surface area contributed by atoms with Crippen molar-refractivity contribution in [2.24, 2.45) is 0 Å². The first-order chi connectivity index (χ1) is 13.8. The first kappa shape index (κ1) is 19.7. The second-order valence-electron chi connectivity index (χ2n) is 5.77. The van der Waals surface area contributed by atoms with Crippen molar-refractivity contribution in [3.05, 3.63) is 82.1 Å². The number of nitro benzene ring substituents is 1. The van der Waals surface area contributed by atoms with E-state index in [4.69, 9.17) is 21.7 Å². The predicted molar refractivity (Wildman–Crippen MR) is 108 cm³/mol. The molecule has 0 unspecified atom stereocenters. The Morgan fingerprint density at radius 1 is 1.07 bits per heavy atom.